The van der Waals surface area contributed by atoms with Crippen LogP contribution in [-0.2, 0) is 0 Å². The van der Waals surface area contributed by atoms with Crippen LogP contribution in [0.2, 0.25) is 0 Å². The summed E-state index contributed by atoms with van der Waals surface area (Å²) in [7, 11) is 1.74. The summed E-state index contributed by atoms with van der Waals surface area (Å²) in [4.78, 5) is 17.3. The molecule has 1 N–H and O–H groups in total. The Morgan fingerprint density at radius 3 is 2.87 bits per heavy atom. The van der Waals surface area contributed by atoms with E-state index in [1.54, 1.807) is 18.1 Å². The third-order valence-corrected chi connectivity index (χ3v) is 2.52. The van der Waals surface area contributed by atoms with Gasteiger partial charge in [0.15, 0.2) is 0 Å². The Labute approximate surface area is 97.8 Å². The maximum absolute atomic E-state index is 11.5. The summed E-state index contributed by atoms with van der Waals surface area (Å²) >= 11 is 3.32. The highest BCUT2D eigenvalue weighted by atomic mass is 79.9. The van der Waals surface area contributed by atoms with Crippen molar-refractivity contribution >= 4 is 27.8 Å². The normalized spacial score (nSPS) is 9.87. The smallest absolute Gasteiger partial charge is 0.322 e. The Bertz CT molecular complexity index is 368. The zero-order chi connectivity index (χ0) is 11.4. The third-order valence-electron chi connectivity index (χ3n) is 2.09. The molecule has 82 valence electrons. The summed E-state index contributed by atoms with van der Waals surface area (Å²) in [6.07, 6.45) is 1.66. The van der Waals surface area contributed by atoms with Crippen LogP contribution in [0.15, 0.2) is 16.7 Å². The van der Waals surface area contributed by atoms with E-state index in [1.807, 2.05) is 19.9 Å². The predicted molar refractivity (Wildman–Crippen MR) is 64.0 cm³/mol. The minimum absolute atomic E-state index is 0.143. The highest BCUT2D eigenvalue weighted by Crippen LogP contribution is 2.16. The monoisotopic (exact) mass is 271 g/mol. The van der Waals surface area contributed by atoms with Crippen molar-refractivity contribution in [2.75, 3.05) is 18.9 Å². The first-order valence-corrected chi connectivity index (χ1v) is 5.48. The van der Waals surface area contributed by atoms with Gasteiger partial charge in [-0.05, 0) is 41.4 Å². The Balaban J connectivity index is 2.77. The fraction of sp³-hybridized carbons (Fsp3) is 0.400. The molecule has 1 heterocycles. The van der Waals surface area contributed by atoms with E-state index in [1.165, 1.54) is 0 Å². The number of nitrogens with one attached hydrogen (secondary N) is 1. The lowest BCUT2D eigenvalue weighted by atomic mass is 10.3. The molecule has 0 unspecified atom stereocenters. The molecule has 0 aromatic carbocycles. The number of nitrogens with zero attached hydrogens (tertiary/aromatic N) is 2. The van der Waals surface area contributed by atoms with Gasteiger partial charge in [-0.15, -0.1) is 0 Å². The maximum Gasteiger partial charge on any atom is 0.322 e. The van der Waals surface area contributed by atoms with Crippen molar-refractivity contribution in [2.45, 2.75) is 13.8 Å². The van der Waals surface area contributed by atoms with Crippen LogP contribution in [0, 0.1) is 6.92 Å². The molecule has 1 rings (SSSR count). The number of hydrogen-bond donors (Lipinski definition) is 1. The molecule has 0 fully saturated rings. The zero-order valence-electron chi connectivity index (χ0n) is 9.04. The second kappa shape index (κ2) is 5.11. The first-order valence-electron chi connectivity index (χ1n) is 4.69. The summed E-state index contributed by atoms with van der Waals surface area (Å²) in [5.74, 6) is 0.600. The number of anilines is 1. The average Bonchev–Trinajstić information content (AvgIpc) is 2.20. The molecule has 1 aromatic rings. The maximum atomic E-state index is 11.5. The Kier molecular flexibility index (Phi) is 4.08. The highest BCUT2D eigenvalue weighted by Gasteiger charge is 2.08. The van der Waals surface area contributed by atoms with E-state index in [-0.39, 0.29) is 6.03 Å². The average molecular weight is 272 g/mol. The first-order chi connectivity index (χ1) is 7.04. The lowest BCUT2D eigenvalue weighted by Crippen LogP contribution is -2.31. The number of halogens is 1. The van der Waals surface area contributed by atoms with E-state index in [9.17, 15) is 4.79 Å². The van der Waals surface area contributed by atoms with Gasteiger partial charge in [-0.2, -0.15) is 0 Å². The standard InChI is InChI=1S/C10H14BrN3O/c1-4-14(3)10(15)13-9-7(2)5-8(11)6-12-9/h5-6H,4H2,1-3H3,(H,12,13,15). The summed E-state index contributed by atoms with van der Waals surface area (Å²) in [6, 6.07) is 1.77. The summed E-state index contributed by atoms with van der Waals surface area (Å²) in [5.41, 5.74) is 0.933. The quantitative estimate of drug-likeness (QED) is 0.899. The van der Waals surface area contributed by atoms with Crippen LogP contribution in [0.4, 0.5) is 10.6 Å². The van der Waals surface area contributed by atoms with E-state index in [0.29, 0.717) is 12.4 Å². The van der Waals surface area contributed by atoms with Gasteiger partial charge in [0.25, 0.3) is 0 Å². The van der Waals surface area contributed by atoms with Crippen LogP contribution in [0.1, 0.15) is 12.5 Å². The molecule has 0 saturated carbocycles. The van der Waals surface area contributed by atoms with Gasteiger partial charge in [0.2, 0.25) is 0 Å². The summed E-state index contributed by atoms with van der Waals surface area (Å²) in [5, 5.41) is 2.74. The number of amides is 2. The fourth-order valence-corrected chi connectivity index (χ4v) is 1.46. The lowest BCUT2D eigenvalue weighted by Gasteiger charge is -2.15. The van der Waals surface area contributed by atoms with Crippen LogP contribution in [-0.4, -0.2) is 29.5 Å². The lowest BCUT2D eigenvalue weighted by molar-refractivity contribution is 0.224. The SMILES string of the molecule is CCN(C)C(=O)Nc1ncc(Br)cc1C. The molecule has 1 aromatic heterocycles. The predicted octanol–water partition coefficient (Wildman–Crippen LogP) is 2.64. The topological polar surface area (TPSA) is 45.2 Å². The van der Waals surface area contributed by atoms with E-state index in [0.717, 1.165) is 10.0 Å². The van der Waals surface area contributed by atoms with Crippen molar-refractivity contribution in [3.63, 3.8) is 0 Å². The van der Waals surface area contributed by atoms with E-state index >= 15 is 0 Å². The van der Waals surface area contributed by atoms with Gasteiger partial charge in [0, 0.05) is 24.3 Å². The van der Waals surface area contributed by atoms with Crippen LogP contribution >= 0.6 is 15.9 Å². The minimum Gasteiger partial charge on any atom is -0.328 e. The number of aryl methyl sites for hydroxylation is 1. The van der Waals surface area contributed by atoms with Gasteiger partial charge in [0.1, 0.15) is 5.82 Å². The molecule has 0 aliphatic rings. The zero-order valence-corrected chi connectivity index (χ0v) is 10.6. The number of hydrogen-bond acceptors (Lipinski definition) is 2. The van der Waals surface area contributed by atoms with E-state index in [2.05, 4.69) is 26.2 Å². The van der Waals surface area contributed by atoms with Gasteiger partial charge in [-0.3, -0.25) is 5.32 Å². The van der Waals surface area contributed by atoms with Crippen molar-refractivity contribution in [1.82, 2.24) is 9.88 Å². The van der Waals surface area contributed by atoms with Gasteiger partial charge < -0.3 is 4.90 Å². The molecule has 15 heavy (non-hydrogen) atoms. The largest absolute Gasteiger partial charge is 0.328 e. The van der Waals surface area contributed by atoms with Crippen molar-refractivity contribution in [2.24, 2.45) is 0 Å². The van der Waals surface area contributed by atoms with Crippen LogP contribution < -0.4 is 5.32 Å². The van der Waals surface area contributed by atoms with Crippen molar-refractivity contribution < 1.29 is 4.79 Å². The molecule has 0 aliphatic carbocycles. The van der Waals surface area contributed by atoms with Crippen molar-refractivity contribution in [3.05, 3.63) is 22.3 Å². The molecule has 0 aliphatic heterocycles. The number of carbonyl (C=O) groups is 1. The van der Waals surface area contributed by atoms with E-state index < -0.39 is 0 Å². The second-order valence-electron chi connectivity index (χ2n) is 3.26. The number of rotatable bonds is 2. The first kappa shape index (κ1) is 12.0. The van der Waals surface area contributed by atoms with Crippen LogP contribution in [0.25, 0.3) is 0 Å². The highest BCUT2D eigenvalue weighted by molar-refractivity contribution is 9.10. The molecular weight excluding hydrogens is 258 g/mol. The molecule has 0 atom stereocenters. The van der Waals surface area contributed by atoms with Crippen molar-refractivity contribution in [1.29, 1.82) is 0 Å². The molecular formula is C10H14BrN3O. The van der Waals surface area contributed by atoms with Crippen LogP contribution in [0.5, 0.6) is 0 Å². The van der Waals surface area contributed by atoms with Gasteiger partial charge >= 0.3 is 6.03 Å². The summed E-state index contributed by atoms with van der Waals surface area (Å²) < 4.78 is 0.904. The number of urea groups is 1. The third kappa shape index (κ3) is 3.20. The Morgan fingerprint density at radius 1 is 1.67 bits per heavy atom. The number of aromatic nitrogens is 1. The van der Waals surface area contributed by atoms with Gasteiger partial charge in [-0.1, -0.05) is 0 Å². The Morgan fingerprint density at radius 2 is 2.33 bits per heavy atom. The molecule has 0 radical (unpaired) electrons. The van der Waals surface area contributed by atoms with E-state index in [4.69, 9.17) is 0 Å². The van der Waals surface area contributed by atoms with Crippen LogP contribution in [0.3, 0.4) is 0 Å². The molecule has 4 nitrogen and oxygen atoms in total. The van der Waals surface area contributed by atoms with Gasteiger partial charge in [-0.25, -0.2) is 9.78 Å². The second-order valence-corrected chi connectivity index (χ2v) is 4.18. The molecule has 2 amide bonds. The summed E-state index contributed by atoms with van der Waals surface area (Å²) in [6.45, 7) is 4.49. The van der Waals surface area contributed by atoms with Crippen molar-refractivity contribution in [3.8, 4) is 0 Å². The van der Waals surface area contributed by atoms with Gasteiger partial charge in [0.05, 0.1) is 0 Å². The molecule has 0 saturated heterocycles. The fourth-order valence-electron chi connectivity index (χ4n) is 1.01. The molecule has 0 bridgehead atoms. The Hall–Kier alpha value is -1.10. The minimum atomic E-state index is -0.143. The number of carbonyl (C=O) groups excluding carboxylic acids is 1. The molecule has 0 spiro atoms. The molecule has 5 heteroatoms. The number of pyridine rings is 1.